The molecule has 0 aromatic heterocycles. The Morgan fingerprint density at radius 3 is 2.32 bits per heavy atom. The van der Waals surface area contributed by atoms with Crippen molar-refractivity contribution in [2.24, 2.45) is 4.99 Å². The van der Waals surface area contributed by atoms with E-state index in [-0.39, 0.29) is 18.3 Å². The summed E-state index contributed by atoms with van der Waals surface area (Å²) in [6.07, 6.45) is -0.624. The fourth-order valence-corrected chi connectivity index (χ4v) is 4.00. The molecule has 1 atom stereocenters. The van der Waals surface area contributed by atoms with E-state index < -0.39 is 29.2 Å². The summed E-state index contributed by atoms with van der Waals surface area (Å²) < 4.78 is 10.3. The number of ether oxygens (including phenoxy) is 2. The van der Waals surface area contributed by atoms with Gasteiger partial charge in [-0.05, 0) is 57.9 Å². The summed E-state index contributed by atoms with van der Waals surface area (Å²) in [5, 5.41) is 2.75. The van der Waals surface area contributed by atoms with E-state index in [9.17, 15) is 14.4 Å². The van der Waals surface area contributed by atoms with E-state index in [2.05, 4.69) is 10.3 Å². The lowest BCUT2D eigenvalue weighted by molar-refractivity contribution is -0.123. The predicted molar refractivity (Wildman–Crippen MR) is 128 cm³/mol. The zero-order valence-corrected chi connectivity index (χ0v) is 20.4. The number of aliphatic imine (C=N–C) groups is 1. The molecule has 180 valence electrons. The van der Waals surface area contributed by atoms with Crippen LogP contribution in [0.2, 0.25) is 0 Å². The minimum atomic E-state index is -0.805. The average molecular weight is 466 g/mol. The largest absolute Gasteiger partial charge is 0.465 e. The van der Waals surface area contributed by atoms with E-state index in [4.69, 9.17) is 9.47 Å². The van der Waals surface area contributed by atoms with Gasteiger partial charge in [-0.25, -0.2) is 9.59 Å². The third kappa shape index (κ3) is 5.81. The number of benzene rings is 2. The number of esters is 1. The fourth-order valence-electron chi connectivity index (χ4n) is 4.00. The number of hydrogen-bond donors (Lipinski definition) is 1. The number of nitrogens with zero attached hydrogens (tertiary/aromatic N) is 2. The molecule has 34 heavy (non-hydrogen) atoms. The summed E-state index contributed by atoms with van der Waals surface area (Å²) in [4.78, 5) is 43.4. The lowest BCUT2D eigenvalue weighted by atomic mass is 9.88. The van der Waals surface area contributed by atoms with Crippen molar-refractivity contribution in [3.8, 4) is 0 Å². The van der Waals surface area contributed by atoms with Crippen LogP contribution < -0.4 is 5.32 Å². The molecular formula is C26H31N3O5. The van der Waals surface area contributed by atoms with Crippen LogP contribution in [0, 0.1) is 0 Å². The summed E-state index contributed by atoms with van der Waals surface area (Å²) in [7, 11) is 1.33. The lowest BCUT2D eigenvalue weighted by Gasteiger charge is -2.48. The quantitative estimate of drug-likeness (QED) is 0.670. The van der Waals surface area contributed by atoms with E-state index in [1.54, 1.807) is 39.0 Å². The minimum absolute atomic E-state index is 0.0906. The van der Waals surface area contributed by atoms with Crippen molar-refractivity contribution in [2.45, 2.75) is 58.2 Å². The number of carbonyl (C=O) groups excluding carboxylic acids is 3. The van der Waals surface area contributed by atoms with Gasteiger partial charge in [-0.2, -0.15) is 0 Å². The number of carbonyl (C=O) groups is 3. The highest BCUT2D eigenvalue weighted by atomic mass is 16.6. The fraction of sp³-hybridized carbons (Fsp3) is 0.385. The summed E-state index contributed by atoms with van der Waals surface area (Å²) >= 11 is 0. The highest BCUT2D eigenvalue weighted by Crippen LogP contribution is 2.38. The minimum Gasteiger partial charge on any atom is -0.465 e. The SMILES string of the molecule is COC(=O)c1cccc(C(c2ccccc2)N2C(=NC(=O)OC(C)(C)C)NC(=O)CC2(C)C)c1. The summed E-state index contributed by atoms with van der Waals surface area (Å²) in [5.41, 5.74) is 0.602. The van der Waals surface area contributed by atoms with Gasteiger partial charge in [0, 0.05) is 12.0 Å². The van der Waals surface area contributed by atoms with Gasteiger partial charge in [-0.3, -0.25) is 10.1 Å². The molecule has 1 N–H and O–H groups in total. The Hall–Kier alpha value is -3.68. The van der Waals surface area contributed by atoms with Crippen LogP contribution in [-0.4, -0.2) is 47.1 Å². The van der Waals surface area contributed by atoms with Crippen LogP contribution in [0.1, 0.15) is 68.6 Å². The Labute approximate surface area is 200 Å². The maximum atomic E-state index is 12.6. The topological polar surface area (TPSA) is 97.3 Å². The third-order valence-corrected chi connectivity index (χ3v) is 5.31. The smallest absolute Gasteiger partial charge is 0.437 e. The molecular weight excluding hydrogens is 434 g/mol. The van der Waals surface area contributed by atoms with Gasteiger partial charge in [-0.1, -0.05) is 42.5 Å². The highest BCUT2D eigenvalue weighted by Gasteiger charge is 2.43. The number of nitrogens with one attached hydrogen (secondary N) is 1. The lowest BCUT2D eigenvalue weighted by Crippen LogP contribution is -2.62. The second kappa shape index (κ2) is 9.67. The first kappa shape index (κ1) is 25.0. The maximum Gasteiger partial charge on any atom is 0.437 e. The Kier molecular flexibility index (Phi) is 7.09. The molecule has 0 aliphatic carbocycles. The molecule has 2 aromatic rings. The van der Waals surface area contributed by atoms with Crippen molar-refractivity contribution < 1.29 is 23.9 Å². The third-order valence-electron chi connectivity index (χ3n) is 5.31. The Morgan fingerprint density at radius 2 is 1.71 bits per heavy atom. The van der Waals surface area contributed by atoms with Crippen LogP contribution in [0.25, 0.3) is 0 Å². The second-order valence-corrected chi connectivity index (χ2v) is 9.75. The summed E-state index contributed by atoms with van der Waals surface area (Å²) in [6.45, 7) is 9.07. The first-order valence-electron chi connectivity index (χ1n) is 11.1. The van der Waals surface area contributed by atoms with Crippen LogP contribution in [0.5, 0.6) is 0 Å². The predicted octanol–water partition coefficient (Wildman–Crippen LogP) is 4.45. The van der Waals surface area contributed by atoms with Crippen LogP contribution in [0.4, 0.5) is 4.79 Å². The molecule has 0 bridgehead atoms. The van der Waals surface area contributed by atoms with Gasteiger partial charge in [0.05, 0.1) is 18.7 Å². The van der Waals surface area contributed by atoms with Crippen LogP contribution in [0.3, 0.4) is 0 Å². The number of guanidine groups is 1. The first-order chi connectivity index (χ1) is 15.9. The molecule has 2 aromatic carbocycles. The van der Waals surface area contributed by atoms with Gasteiger partial charge >= 0.3 is 12.1 Å². The average Bonchev–Trinajstić information content (AvgIpc) is 2.74. The molecule has 1 aliphatic rings. The van der Waals surface area contributed by atoms with Gasteiger partial charge in [0.25, 0.3) is 0 Å². The van der Waals surface area contributed by atoms with Gasteiger partial charge in [-0.15, -0.1) is 4.99 Å². The number of methoxy groups -OCH3 is 1. The second-order valence-electron chi connectivity index (χ2n) is 9.75. The molecule has 8 heteroatoms. The maximum absolute atomic E-state index is 12.6. The molecule has 8 nitrogen and oxygen atoms in total. The molecule has 3 rings (SSSR count). The number of hydrogen-bond acceptors (Lipinski definition) is 5. The molecule has 1 unspecified atom stereocenters. The Bertz CT molecular complexity index is 1100. The Balaban J connectivity index is 2.19. The standard InChI is InChI=1S/C26H31N3O5/c1-25(2,3)34-24(32)28-23-27-20(30)16-26(4,5)29(23)21(17-11-8-7-9-12-17)18-13-10-14-19(15-18)22(31)33-6/h7-15,21H,16H2,1-6H3,(H,27,28,30,32). The van der Waals surface area contributed by atoms with Gasteiger partial charge in [0.1, 0.15) is 5.60 Å². The van der Waals surface area contributed by atoms with Crippen molar-refractivity contribution in [1.82, 2.24) is 10.2 Å². The van der Waals surface area contributed by atoms with Crippen molar-refractivity contribution in [1.29, 1.82) is 0 Å². The van der Waals surface area contributed by atoms with E-state index >= 15 is 0 Å². The monoisotopic (exact) mass is 465 g/mol. The van der Waals surface area contributed by atoms with Crippen molar-refractivity contribution >= 4 is 23.9 Å². The van der Waals surface area contributed by atoms with Gasteiger partial charge in [0.2, 0.25) is 11.9 Å². The van der Waals surface area contributed by atoms with Crippen molar-refractivity contribution in [3.05, 3.63) is 71.3 Å². The van der Waals surface area contributed by atoms with Crippen molar-refractivity contribution in [3.63, 3.8) is 0 Å². The van der Waals surface area contributed by atoms with Crippen LogP contribution in [-0.2, 0) is 14.3 Å². The zero-order chi connectivity index (χ0) is 25.1. The van der Waals surface area contributed by atoms with Crippen LogP contribution >= 0.6 is 0 Å². The van der Waals surface area contributed by atoms with E-state index in [0.717, 1.165) is 11.1 Å². The first-order valence-corrected chi connectivity index (χ1v) is 11.1. The summed E-state index contributed by atoms with van der Waals surface area (Å²) in [6, 6.07) is 16.3. The molecule has 1 fully saturated rings. The van der Waals surface area contributed by atoms with Gasteiger partial charge in [0.15, 0.2) is 0 Å². The molecule has 2 amide bonds. The molecule has 1 heterocycles. The molecule has 0 saturated carbocycles. The Morgan fingerprint density at radius 1 is 1.06 bits per heavy atom. The number of amides is 2. The molecule has 1 saturated heterocycles. The van der Waals surface area contributed by atoms with Crippen molar-refractivity contribution in [2.75, 3.05) is 7.11 Å². The highest BCUT2D eigenvalue weighted by molar-refractivity contribution is 6.04. The van der Waals surface area contributed by atoms with Crippen LogP contribution in [0.15, 0.2) is 59.6 Å². The van der Waals surface area contributed by atoms with Gasteiger partial charge < -0.3 is 14.4 Å². The van der Waals surface area contributed by atoms with E-state index in [1.807, 2.05) is 55.1 Å². The normalized spacial score (nSPS) is 17.6. The zero-order valence-electron chi connectivity index (χ0n) is 20.4. The molecule has 1 aliphatic heterocycles. The molecule has 0 spiro atoms. The molecule has 0 radical (unpaired) electrons. The van der Waals surface area contributed by atoms with E-state index in [0.29, 0.717) is 5.56 Å². The number of rotatable bonds is 4. The summed E-state index contributed by atoms with van der Waals surface area (Å²) in [5.74, 6) is -0.617. The van der Waals surface area contributed by atoms with E-state index in [1.165, 1.54) is 7.11 Å².